The summed E-state index contributed by atoms with van der Waals surface area (Å²) >= 11 is 5.79. The van der Waals surface area contributed by atoms with Crippen LogP contribution in [0, 0.1) is 5.82 Å². The number of amides is 1. The minimum atomic E-state index is -0.741. The largest absolute Gasteiger partial charge is 0.452 e. The molecular formula is C17H13ClFNO3. The van der Waals surface area contributed by atoms with Gasteiger partial charge in [-0.2, -0.15) is 0 Å². The highest BCUT2D eigenvalue weighted by molar-refractivity contribution is 6.30. The maximum absolute atomic E-state index is 13.4. The lowest BCUT2D eigenvalue weighted by Crippen LogP contribution is -2.20. The zero-order valence-electron chi connectivity index (χ0n) is 12.0. The van der Waals surface area contributed by atoms with Crippen LogP contribution in [0.15, 0.2) is 54.6 Å². The van der Waals surface area contributed by atoms with E-state index in [1.54, 1.807) is 36.4 Å². The molecule has 0 bridgehead atoms. The van der Waals surface area contributed by atoms with Gasteiger partial charge in [0.25, 0.3) is 5.91 Å². The van der Waals surface area contributed by atoms with Crippen molar-refractivity contribution < 1.29 is 18.7 Å². The Morgan fingerprint density at radius 2 is 1.96 bits per heavy atom. The molecule has 0 saturated carbocycles. The van der Waals surface area contributed by atoms with Gasteiger partial charge in [0.05, 0.1) is 0 Å². The Morgan fingerprint density at radius 3 is 2.70 bits per heavy atom. The Hall–Kier alpha value is -2.66. The summed E-state index contributed by atoms with van der Waals surface area (Å²) in [6, 6.07) is 12.6. The van der Waals surface area contributed by atoms with Gasteiger partial charge < -0.3 is 10.1 Å². The first-order valence-corrected chi connectivity index (χ1v) is 7.07. The lowest BCUT2D eigenvalue weighted by Gasteiger charge is -2.05. The Labute approximate surface area is 137 Å². The quantitative estimate of drug-likeness (QED) is 0.671. The van der Waals surface area contributed by atoms with E-state index in [1.165, 1.54) is 18.2 Å². The number of ether oxygens (including phenoxy) is 1. The van der Waals surface area contributed by atoms with Crippen LogP contribution in [-0.4, -0.2) is 18.5 Å². The lowest BCUT2D eigenvalue weighted by molar-refractivity contribution is -0.142. The number of rotatable bonds is 5. The van der Waals surface area contributed by atoms with Crippen LogP contribution in [0.25, 0.3) is 6.08 Å². The second-order valence-corrected chi connectivity index (χ2v) is 4.96. The third-order valence-corrected chi connectivity index (χ3v) is 2.99. The van der Waals surface area contributed by atoms with Gasteiger partial charge in [-0.05, 0) is 30.3 Å². The molecule has 118 valence electrons. The molecule has 1 N–H and O–H groups in total. The summed E-state index contributed by atoms with van der Waals surface area (Å²) in [5.41, 5.74) is 0.758. The summed E-state index contributed by atoms with van der Waals surface area (Å²) in [4.78, 5) is 23.1. The Kier molecular flexibility index (Phi) is 5.88. The molecule has 0 heterocycles. The van der Waals surface area contributed by atoms with Crippen molar-refractivity contribution in [3.8, 4) is 0 Å². The topological polar surface area (TPSA) is 55.4 Å². The van der Waals surface area contributed by atoms with E-state index in [-0.39, 0.29) is 5.56 Å². The average Bonchev–Trinajstić information content (AvgIpc) is 2.52. The van der Waals surface area contributed by atoms with Crippen LogP contribution in [0.3, 0.4) is 0 Å². The molecule has 0 atom stereocenters. The molecule has 0 fully saturated rings. The summed E-state index contributed by atoms with van der Waals surface area (Å²) in [5.74, 6) is -1.69. The summed E-state index contributed by atoms with van der Waals surface area (Å²) in [7, 11) is 0. The van der Waals surface area contributed by atoms with Gasteiger partial charge >= 0.3 is 5.97 Å². The van der Waals surface area contributed by atoms with E-state index in [1.807, 2.05) is 0 Å². The van der Waals surface area contributed by atoms with Crippen molar-refractivity contribution in [3.63, 3.8) is 0 Å². The molecule has 0 aliphatic carbocycles. The van der Waals surface area contributed by atoms with Crippen LogP contribution in [0.1, 0.15) is 5.56 Å². The molecule has 1 amide bonds. The standard InChI is InChI=1S/C17H13ClFNO3/c18-13-5-3-6-14(10-13)20-16(21)11-23-17(22)9-8-12-4-1-2-7-15(12)19/h1-10H,11H2,(H,20,21)/b9-8+. The minimum Gasteiger partial charge on any atom is -0.452 e. The van der Waals surface area contributed by atoms with E-state index in [0.717, 1.165) is 6.08 Å². The third kappa shape index (κ3) is 5.56. The second kappa shape index (κ2) is 8.10. The van der Waals surface area contributed by atoms with Crippen LogP contribution < -0.4 is 5.32 Å². The number of nitrogens with one attached hydrogen (secondary N) is 1. The highest BCUT2D eigenvalue weighted by Gasteiger charge is 2.06. The molecular weight excluding hydrogens is 321 g/mol. The molecule has 6 heteroatoms. The summed E-state index contributed by atoms with van der Waals surface area (Å²) in [5, 5.41) is 3.02. The molecule has 0 aromatic heterocycles. The minimum absolute atomic E-state index is 0.257. The van der Waals surface area contributed by atoms with Crippen molar-refractivity contribution in [1.82, 2.24) is 0 Å². The van der Waals surface area contributed by atoms with E-state index in [2.05, 4.69) is 5.32 Å². The maximum Gasteiger partial charge on any atom is 0.331 e. The molecule has 0 unspecified atom stereocenters. The highest BCUT2D eigenvalue weighted by Crippen LogP contribution is 2.14. The highest BCUT2D eigenvalue weighted by atomic mass is 35.5. The van der Waals surface area contributed by atoms with E-state index in [9.17, 15) is 14.0 Å². The van der Waals surface area contributed by atoms with Crippen LogP contribution in [0.4, 0.5) is 10.1 Å². The van der Waals surface area contributed by atoms with Crippen molar-refractivity contribution in [2.24, 2.45) is 0 Å². The van der Waals surface area contributed by atoms with Crippen LogP contribution in [0.2, 0.25) is 5.02 Å². The molecule has 0 aliphatic heterocycles. The van der Waals surface area contributed by atoms with Crippen LogP contribution in [0.5, 0.6) is 0 Å². The normalized spacial score (nSPS) is 10.5. The molecule has 0 saturated heterocycles. The zero-order chi connectivity index (χ0) is 16.7. The van der Waals surface area contributed by atoms with Gasteiger partial charge in [-0.3, -0.25) is 4.79 Å². The number of anilines is 1. The number of carbonyl (C=O) groups is 2. The third-order valence-electron chi connectivity index (χ3n) is 2.76. The predicted octanol–water partition coefficient (Wildman–Crippen LogP) is 3.67. The summed E-state index contributed by atoms with van der Waals surface area (Å²) in [6.45, 7) is -0.451. The first-order valence-electron chi connectivity index (χ1n) is 6.69. The Bertz CT molecular complexity index is 746. The molecule has 2 aromatic carbocycles. The number of hydrogen-bond acceptors (Lipinski definition) is 3. The first-order chi connectivity index (χ1) is 11.0. The van der Waals surface area contributed by atoms with Gasteiger partial charge in [-0.15, -0.1) is 0 Å². The lowest BCUT2D eigenvalue weighted by atomic mass is 10.2. The van der Waals surface area contributed by atoms with Crippen molar-refractivity contribution in [3.05, 3.63) is 71.0 Å². The van der Waals surface area contributed by atoms with Gasteiger partial charge in [-0.25, -0.2) is 9.18 Å². The van der Waals surface area contributed by atoms with Crippen molar-refractivity contribution in [2.75, 3.05) is 11.9 Å². The second-order valence-electron chi connectivity index (χ2n) is 4.52. The van der Waals surface area contributed by atoms with Gasteiger partial charge in [0.1, 0.15) is 5.82 Å². The van der Waals surface area contributed by atoms with Gasteiger partial charge in [0.15, 0.2) is 6.61 Å². The van der Waals surface area contributed by atoms with E-state index >= 15 is 0 Å². The smallest absolute Gasteiger partial charge is 0.331 e. The van der Waals surface area contributed by atoms with E-state index < -0.39 is 24.3 Å². The molecule has 23 heavy (non-hydrogen) atoms. The molecule has 0 radical (unpaired) electrons. The van der Waals surface area contributed by atoms with Gasteiger partial charge in [-0.1, -0.05) is 35.9 Å². The summed E-state index contributed by atoms with van der Waals surface area (Å²) in [6.07, 6.45) is 2.34. The maximum atomic E-state index is 13.4. The first kappa shape index (κ1) is 16.7. The Morgan fingerprint density at radius 1 is 1.17 bits per heavy atom. The average molecular weight is 334 g/mol. The fourth-order valence-corrected chi connectivity index (χ4v) is 1.91. The predicted molar refractivity (Wildman–Crippen MR) is 86.5 cm³/mol. The van der Waals surface area contributed by atoms with Gasteiger partial charge in [0, 0.05) is 22.3 Å². The molecule has 0 spiro atoms. The molecule has 2 aromatic rings. The van der Waals surface area contributed by atoms with Crippen LogP contribution in [-0.2, 0) is 14.3 Å². The number of halogens is 2. The van der Waals surface area contributed by atoms with Crippen molar-refractivity contribution >= 4 is 35.2 Å². The number of benzene rings is 2. The van der Waals surface area contributed by atoms with Gasteiger partial charge in [0.2, 0.25) is 0 Å². The van der Waals surface area contributed by atoms with Crippen molar-refractivity contribution in [2.45, 2.75) is 0 Å². The van der Waals surface area contributed by atoms with Crippen molar-refractivity contribution in [1.29, 1.82) is 0 Å². The van der Waals surface area contributed by atoms with E-state index in [4.69, 9.17) is 16.3 Å². The zero-order valence-corrected chi connectivity index (χ0v) is 12.7. The Balaban J connectivity index is 1.82. The molecule has 0 aliphatic rings. The number of hydrogen-bond donors (Lipinski definition) is 1. The summed E-state index contributed by atoms with van der Waals surface area (Å²) < 4.78 is 18.1. The fourth-order valence-electron chi connectivity index (χ4n) is 1.72. The molecule has 4 nitrogen and oxygen atoms in total. The van der Waals surface area contributed by atoms with Crippen LogP contribution >= 0.6 is 11.6 Å². The van der Waals surface area contributed by atoms with E-state index in [0.29, 0.717) is 10.7 Å². The SMILES string of the molecule is O=C(COC(=O)/C=C/c1ccccc1F)Nc1cccc(Cl)c1. The number of carbonyl (C=O) groups excluding carboxylic acids is 2. The number of esters is 1. The monoisotopic (exact) mass is 333 g/mol. The fraction of sp³-hybridized carbons (Fsp3) is 0.0588. The molecule has 2 rings (SSSR count).